The van der Waals surface area contributed by atoms with Crippen LogP contribution in [0.25, 0.3) is 0 Å². The lowest BCUT2D eigenvalue weighted by Crippen LogP contribution is -2.49. The Bertz CT molecular complexity index is 289. The minimum Gasteiger partial charge on any atom is -0.340 e. The lowest BCUT2D eigenvalue weighted by molar-refractivity contribution is -0.134. The predicted molar refractivity (Wildman–Crippen MR) is 74.4 cm³/mol. The van der Waals surface area contributed by atoms with Gasteiger partial charge in [-0.15, -0.1) is 0 Å². The summed E-state index contributed by atoms with van der Waals surface area (Å²) < 4.78 is 0. The van der Waals surface area contributed by atoms with Gasteiger partial charge in [0.1, 0.15) is 0 Å². The maximum absolute atomic E-state index is 12.3. The Balaban J connectivity index is 1.78. The van der Waals surface area contributed by atoms with E-state index in [1.54, 1.807) is 0 Å². The van der Waals surface area contributed by atoms with E-state index in [1.807, 2.05) is 0 Å². The van der Waals surface area contributed by atoms with Crippen LogP contribution in [0.1, 0.15) is 46.5 Å². The van der Waals surface area contributed by atoms with E-state index in [9.17, 15) is 4.79 Å². The molecule has 104 valence electrons. The summed E-state index contributed by atoms with van der Waals surface area (Å²) in [6, 6.07) is 0. The van der Waals surface area contributed by atoms with Gasteiger partial charge in [0, 0.05) is 32.6 Å². The molecule has 0 bridgehead atoms. The van der Waals surface area contributed by atoms with Gasteiger partial charge in [-0.05, 0) is 37.1 Å². The van der Waals surface area contributed by atoms with E-state index >= 15 is 0 Å². The molecule has 0 aromatic heterocycles. The highest BCUT2D eigenvalue weighted by Crippen LogP contribution is 2.54. The molecule has 1 heterocycles. The van der Waals surface area contributed by atoms with Crippen LogP contribution in [0.15, 0.2) is 0 Å². The maximum atomic E-state index is 12.3. The average Bonchev–Trinajstić information content (AvgIpc) is 3.11. The van der Waals surface area contributed by atoms with Crippen molar-refractivity contribution in [1.82, 2.24) is 9.80 Å². The molecule has 1 aliphatic heterocycles. The van der Waals surface area contributed by atoms with Gasteiger partial charge in [-0.3, -0.25) is 9.69 Å². The Hall–Kier alpha value is -0.570. The number of amides is 1. The number of piperazine rings is 1. The van der Waals surface area contributed by atoms with Gasteiger partial charge in [0.2, 0.25) is 5.91 Å². The summed E-state index contributed by atoms with van der Waals surface area (Å²) in [4.78, 5) is 16.9. The van der Waals surface area contributed by atoms with E-state index in [2.05, 4.69) is 30.6 Å². The first-order valence-electron chi connectivity index (χ1n) is 7.57. The summed E-state index contributed by atoms with van der Waals surface area (Å²) in [5.41, 5.74) is 0.359. The molecular weight excluding hydrogens is 224 g/mol. The number of hydrogen-bond donors (Lipinski definition) is 0. The molecule has 0 atom stereocenters. The van der Waals surface area contributed by atoms with Crippen LogP contribution in [0.4, 0.5) is 0 Å². The second-order valence-corrected chi connectivity index (χ2v) is 6.42. The molecule has 3 nitrogen and oxygen atoms in total. The highest BCUT2D eigenvalue weighted by atomic mass is 16.2. The molecule has 0 aromatic rings. The zero-order valence-electron chi connectivity index (χ0n) is 12.2. The van der Waals surface area contributed by atoms with Crippen LogP contribution < -0.4 is 0 Å². The van der Waals surface area contributed by atoms with Crippen LogP contribution in [0, 0.1) is 11.3 Å². The van der Waals surface area contributed by atoms with Crippen molar-refractivity contribution in [2.24, 2.45) is 11.3 Å². The normalized spacial score (nSPS) is 23.4. The highest BCUT2D eigenvalue weighted by Gasteiger charge is 2.47. The summed E-state index contributed by atoms with van der Waals surface area (Å²) in [6.45, 7) is 11.9. The van der Waals surface area contributed by atoms with E-state index in [0.29, 0.717) is 17.2 Å². The summed E-state index contributed by atoms with van der Waals surface area (Å²) in [7, 11) is 0. The fourth-order valence-corrected chi connectivity index (χ4v) is 3.07. The summed E-state index contributed by atoms with van der Waals surface area (Å²) in [5, 5.41) is 0. The molecule has 0 radical (unpaired) electrons. The number of hydrogen-bond acceptors (Lipinski definition) is 2. The van der Waals surface area contributed by atoms with Crippen molar-refractivity contribution in [3.63, 3.8) is 0 Å². The van der Waals surface area contributed by atoms with Gasteiger partial charge in [-0.2, -0.15) is 0 Å². The van der Waals surface area contributed by atoms with Crippen LogP contribution in [0.2, 0.25) is 0 Å². The number of rotatable bonds is 5. The molecule has 2 rings (SSSR count). The van der Waals surface area contributed by atoms with E-state index in [0.717, 1.165) is 32.6 Å². The average molecular weight is 252 g/mol. The van der Waals surface area contributed by atoms with Crippen molar-refractivity contribution >= 4 is 5.91 Å². The van der Waals surface area contributed by atoms with Gasteiger partial charge in [0.15, 0.2) is 0 Å². The van der Waals surface area contributed by atoms with Gasteiger partial charge >= 0.3 is 0 Å². The topological polar surface area (TPSA) is 23.6 Å². The molecule has 1 saturated carbocycles. The Morgan fingerprint density at radius 3 is 2.22 bits per heavy atom. The largest absolute Gasteiger partial charge is 0.340 e. The molecule has 0 unspecified atom stereocenters. The molecule has 2 fully saturated rings. The lowest BCUT2D eigenvalue weighted by atomic mass is 9.88. The van der Waals surface area contributed by atoms with Gasteiger partial charge in [-0.1, -0.05) is 20.8 Å². The van der Waals surface area contributed by atoms with Gasteiger partial charge in [0.25, 0.3) is 0 Å². The molecule has 18 heavy (non-hydrogen) atoms. The number of nitrogens with zero attached hydrogens (tertiary/aromatic N) is 2. The fraction of sp³-hybridized carbons (Fsp3) is 0.933. The first-order chi connectivity index (χ1) is 8.57. The minimum atomic E-state index is 0.359. The predicted octanol–water partition coefficient (Wildman–Crippen LogP) is 2.37. The zero-order valence-corrected chi connectivity index (χ0v) is 12.2. The standard InChI is InChI=1S/C15H28N2O/c1-4-7-16-8-10-17(11-9-16)14(18)12-15(5-6-15)13(2)3/h13H,4-12H2,1-3H3. The van der Waals surface area contributed by atoms with Crippen molar-refractivity contribution < 1.29 is 4.79 Å². The fourth-order valence-electron chi connectivity index (χ4n) is 3.07. The van der Waals surface area contributed by atoms with Crippen LogP contribution in [0.5, 0.6) is 0 Å². The Kier molecular flexibility index (Phi) is 4.31. The Labute approximate surface area is 112 Å². The van der Waals surface area contributed by atoms with Crippen LogP contribution in [-0.2, 0) is 4.79 Å². The zero-order chi connectivity index (χ0) is 13.2. The molecular formula is C15H28N2O. The molecule has 3 heteroatoms. The first-order valence-corrected chi connectivity index (χ1v) is 7.57. The van der Waals surface area contributed by atoms with E-state index in [1.165, 1.54) is 25.8 Å². The van der Waals surface area contributed by atoms with Crippen molar-refractivity contribution in [3.8, 4) is 0 Å². The number of carbonyl (C=O) groups is 1. The second kappa shape index (κ2) is 5.60. The van der Waals surface area contributed by atoms with Crippen molar-refractivity contribution in [2.75, 3.05) is 32.7 Å². The number of carbonyl (C=O) groups excluding carboxylic acids is 1. The van der Waals surface area contributed by atoms with Crippen LogP contribution >= 0.6 is 0 Å². The monoisotopic (exact) mass is 252 g/mol. The summed E-state index contributed by atoms with van der Waals surface area (Å²) in [5.74, 6) is 1.06. The SMILES string of the molecule is CCCN1CCN(C(=O)CC2(C(C)C)CC2)CC1. The van der Waals surface area contributed by atoms with Gasteiger partial charge in [-0.25, -0.2) is 0 Å². The van der Waals surface area contributed by atoms with Crippen LogP contribution in [0.3, 0.4) is 0 Å². The third-order valence-corrected chi connectivity index (χ3v) is 4.89. The lowest BCUT2D eigenvalue weighted by Gasteiger charge is -2.35. The molecule has 1 saturated heterocycles. The molecule has 0 aromatic carbocycles. The molecule has 1 amide bonds. The minimum absolute atomic E-state index is 0.359. The molecule has 1 aliphatic carbocycles. The third-order valence-electron chi connectivity index (χ3n) is 4.89. The van der Waals surface area contributed by atoms with E-state index in [4.69, 9.17) is 0 Å². The molecule has 0 N–H and O–H groups in total. The maximum Gasteiger partial charge on any atom is 0.223 e. The Morgan fingerprint density at radius 1 is 1.17 bits per heavy atom. The molecule has 0 spiro atoms. The van der Waals surface area contributed by atoms with Gasteiger partial charge in [0.05, 0.1) is 0 Å². The highest BCUT2D eigenvalue weighted by molar-refractivity contribution is 5.77. The van der Waals surface area contributed by atoms with E-state index < -0.39 is 0 Å². The van der Waals surface area contributed by atoms with Crippen LogP contribution in [-0.4, -0.2) is 48.4 Å². The van der Waals surface area contributed by atoms with Crippen molar-refractivity contribution in [1.29, 1.82) is 0 Å². The third kappa shape index (κ3) is 3.05. The second-order valence-electron chi connectivity index (χ2n) is 6.42. The van der Waals surface area contributed by atoms with Crippen molar-refractivity contribution in [2.45, 2.75) is 46.5 Å². The quantitative estimate of drug-likeness (QED) is 0.750. The van der Waals surface area contributed by atoms with Crippen molar-refractivity contribution in [3.05, 3.63) is 0 Å². The smallest absolute Gasteiger partial charge is 0.223 e. The van der Waals surface area contributed by atoms with Gasteiger partial charge < -0.3 is 4.90 Å². The summed E-state index contributed by atoms with van der Waals surface area (Å²) in [6.07, 6.45) is 4.52. The molecule has 2 aliphatic rings. The van der Waals surface area contributed by atoms with E-state index in [-0.39, 0.29) is 0 Å². The Morgan fingerprint density at radius 2 is 1.78 bits per heavy atom. The first kappa shape index (κ1) is 13.9. The summed E-state index contributed by atoms with van der Waals surface area (Å²) >= 11 is 0.